The highest BCUT2D eigenvalue weighted by molar-refractivity contribution is 5.81. The first-order valence-corrected chi connectivity index (χ1v) is 5.29. The molecule has 1 aromatic rings. The molecule has 0 aliphatic heterocycles. The number of nitrogens with two attached hydrogens (primary N) is 1. The van der Waals surface area contributed by atoms with E-state index in [-0.39, 0.29) is 5.91 Å². The van der Waals surface area contributed by atoms with Gasteiger partial charge in [-0.25, -0.2) is 0 Å². The fourth-order valence-electron chi connectivity index (χ4n) is 1.52. The zero-order valence-corrected chi connectivity index (χ0v) is 10.3. The minimum Gasteiger partial charge on any atom is -0.497 e. The van der Waals surface area contributed by atoms with E-state index in [1.165, 1.54) is 0 Å². The number of amides is 1. The summed E-state index contributed by atoms with van der Waals surface area (Å²) < 4.78 is 10.3. The fraction of sp³-hybridized carbons (Fsp3) is 0.417. The summed E-state index contributed by atoms with van der Waals surface area (Å²) in [5.41, 5.74) is 6.65. The van der Waals surface area contributed by atoms with Crippen LogP contribution in [0.2, 0.25) is 0 Å². The molecular weight excluding hydrogens is 220 g/mol. The minimum absolute atomic E-state index is 0.188. The number of carbonyl (C=O) groups excluding carboxylic acids is 1. The van der Waals surface area contributed by atoms with Gasteiger partial charge in [-0.1, -0.05) is 0 Å². The Morgan fingerprint density at radius 3 is 2.24 bits per heavy atom. The fourth-order valence-corrected chi connectivity index (χ4v) is 1.52. The van der Waals surface area contributed by atoms with Crippen molar-refractivity contribution in [1.82, 2.24) is 5.32 Å². The van der Waals surface area contributed by atoms with E-state index in [0.717, 1.165) is 5.56 Å². The van der Waals surface area contributed by atoms with E-state index in [1.54, 1.807) is 27.3 Å². The summed E-state index contributed by atoms with van der Waals surface area (Å²) in [4.78, 5) is 11.3. The van der Waals surface area contributed by atoms with Gasteiger partial charge in [-0.05, 0) is 24.1 Å². The number of likely N-dealkylation sites (N-methyl/N-ethyl adjacent to an activating group) is 1. The van der Waals surface area contributed by atoms with Gasteiger partial charge in [0, 0.05) is 13.1 Å². The van der Waals surface area contributed by atoms with Crippen molar-refractivity contribution in [3.05, 3.63) is 23.8 Å². The first-order chi connectivity index (χ1) is 8.10. The molecule has 1 amide bonds. The van der Waals surface area contributed by atoms with Gasteiger partial charge in [-0.2, -0.15) is 0 Å². The number of carbonyl (C=O) groups is 1. The third kappa shape index (κ3) is 3.64. The van der Waals surface area contributed by atoms with Crippen LogP contribution in [0.3, 0.4) is 0 Å². The first-order valence-electron chi connectivity index (χ1n) is 5.29. The van der Waals surface area contributed by atoms with Gasteiger partial charge in [0.05, 0.1) is 20.3 Å². The van der Waals surface area contributed by atoms with Crippen molar-refractivity contribution in [2.24, 2.45) is 5.73 Å². The summed E-state index contributed by atoms with van der Waals surface area (Å²) in [5.74, 6) is 1.18. The maximum atomic E-state index is 11.3. The Bertz CT molecular complexity index is 371. The molecule has 0 heterocycles. The third-order valence-electron chi connectivity index (χ3n) is 2.45. The summed E-state index contributed by atoms with van der Waals surface area (Å²) in [5, 5.41) is 2.52. The number of benzene rings is 1. The Kier molecular flexibility index (Phi) is 4.78. The number of ether oxygens (including phenoxy) is 2. The van der Waals surface area contributed by atoms with Gasteiger partial charge >= 0.3 is 0 Å². The van der Waals surface area contributed by atoms with Crippen molar-refractivity contribution in [1.29, 1.82) is 0 Å². The number of methoxy groups -OCH3 is 2. The van der Waals surface area contributed by atoms with Crippen molar-refractivity contribution in [3.8, 4) is 11.5 Å². The van der Waals surface area contributed by atoms with Crippen LogP contribution in [0.4, 0.5) is 0 Å². The van der Waals surface area contributed by atoms with E-state index in [2.05, 4.69) is 5.32 Å². The molecule has 0 unspecified atom stereocenters. The first kappa shape index (κ1) is 13.3. The van der Waals surface area contributed by atoms with Crippen LogP contribution in [0, 0.1) is 0 Å². The average Bonchev–Trinajstić information content (AvgIpc) is 2.36. The topological polar surface area (TPSA) is 73.6 Å². The highest BCUT2D eigenvalue weighted by atomic mass is 16.5. The summed E-state index contributed by atoms with van der Waals surface area (Å²) in [6.07, 6.45) is 0.438. The molecule has 17 heavy (non-hydrogen) atoms. The van der Waals surface area contributed by atoms with Gasteiger partial charge < -0.3 is 20.5 Å². The highest BCUT2D eigenvalue weighted by Crippen LogP contribution is 2.23. The lowest BCUT2D eigenvalue weighted by molar-refractivity contribution is -0.121. The normalized spacial score (nSPS) is 11.8. The largest absolute Gasteiger partial charge is 0.497 e. The van der Waals surface area contributed by atoms with Gasteiger partial charge in [-0.15, -0.1) is 0 Å². The molecule has 5 nitrogen and oxygen atoms in total. The third-order valence-corrected chi connectivity index (χ3v) is 2.45. The summed E-state index contributed by atoms with van der Waals surface area (Å²) in [6, 6.07) is 4.88. The second kappa shape index (κ2) is 6.10. The van der Waals surface area contributed by atoms with Crippen LogP contribution in [0.25, 0.3) is 0 Å². The second-order valence-corrected chi connectivity index (χ2v) is 3.65. The van der Waals surface area contributed by atoms with Crippen molar-refractivity contribution in [3.63, 3.8) is 0 Å². The predicted molar refractivity (Wildman–Crippen MR) is 65.3 cm³/mol. The van der Waals surface area contributed by atoms with Gasteiger partial charge in [0.25, 0.3) is 0 Å². The standard InChI is InChI=1S/C12H18N2O3/c1-14-12(15)11(13)6-8-4-9(16-2)7-10(5-8)17-3/h4-5,7,11H,6,13H2,1-3H3,(H,14,15)/t11-/m0/s1. The van der Waals surface area contributed by atoms with E-state index in [4.69, 9.17) is 15.2 Å². The molecule has 0 fully saturated rings. The molecule has 1 rings (SSSR count). The lowest BCUT2D eigenvalue weighted by Gasteiger charge is -2.12. The highest BCUT2D eigenvalue weighted by Gasteiger charge is 2.13. The maximum Gasteiger partial charge on any atom is 0.237 e. The van der Waals surface area contributed by atoms with Crippen LogP contribution in [0.1, 0.15) is 5.56 Å². The smallest absolute Gasteiger partial charge is 0.237 e. The molecule has 0 saturated carbocycles. The van der Waals surface area contributed by atoms with Crippen LogP contribution >= 0.6 is 0 Å². The molecule has 0 aliphatic carbocycles. The molecule has 0 spiro atoms. The summed E-state index contributed by atoms with van der Waals surface area (Å²) in [7, 11) is 4.73. The van der Waals surface area contributed by atoms with Crippen LogP contribution in [-0.4, -0.2) is 33.2 Å². The Labute approximate surface area is 101 Å². The van der Waals surface area contributed by atoms with E-state index < -0.39 is 6.04 Å². The lowest BCUT2D eigenvalue weighted by Crippen LogP contribution is -2.40. The number of hydrogen-bond donors (Lipinski definition) is 2. The molecule has 0 bridgehead atoms. The quantitative estimate of drug-likeness (QED) is 0.774. The Hall–Kier alpha value is -1.75. The minimum atomic E-state index is -0.572. The molecular formula is C12H18N2O3. The molecule has 0 radical (unpaired) electrons. The molecule has 94 valence electrons. The van der Waals surface area contributed by atoms with E-state index in [0.29, 0.717) is 17.9 Å². The van der Waals surface area contributed by atoms with Crippen molar-refractivity contribution in [2.45, 2.75) is 12.5 Å². The molecule has 0 saturated heterocycles. The number of nitrogens with one attached hydrogen (secondary N) is 1. The predicted octanol–water partition coefficient (Wildman–Crippen LogP) is 0.320. The molecule has 1 aromatic carbocycles. The van der Waals surface area contributed by atoms with Crippen LogP contribution in [0.5, 0.6) is 11.5 Å². The monoisotopic (exact) mass is 238 g/mol. The van der Waals surface area contributed by atoms with Crippen LogP contribution < -0.4 is 20.5 Å². The SMILES string of the molecule is CNC(=O)[C@@H](N)Cc1cc(OC)cc(OC)c1. The van der Waals surface area contributed by atoms with Gasteiger partial charge in [-0.3, -0.25) is 4.79 Å². The molecule has 3 N–H and O–H groups in total. The van der Waals surface area contributed by atoms with Gasteiger partial charge in [0.15, 0.2) is 0 Å². The number of hydrogen-bond acceptors (Lipinski definition) is 4. The second-order valence-electron chi connectivity index (χ2n) is 3.65. The molecule has 0 aliphatic rings. The Morgan fingerprint density at radius 1 is 1.29 bits per heavy atom. The van der Waals surface area contributed by atoms with Crippen LogP contribution in [-0.2, 0) is 11.2 Å². The zero-order valence-electron chi connectivity index (χ0n) is 10.3. The maximum absolute atomic E-state index is 11.3. The van der Waals surface area contributed by atoms with E-state index in [1.807, 2.05) is 12.1 Å². The Balaban J connectivity index is 2.86. The van der Waals surface area contributed by atoms with Gasteiger partial charge in [0.2, 0.25) is 5.91 Å². The van der Waals surface area contributed by atoms with Crippen LogP contribution in [0.15, 0.2) is 18.2 Å². The molecule has 5 heteroatoms. The molecule has 0 aromatic heterocycles. The van der Waals surface area contributed by atoms with E-state index >= 15 is 0 Å². The summed E-state index contributed by atoms with van der Waals surface area (Å²) >= 11 is 0. The van der Waals surface area contributed by atoms with Crippen molar-refractivity contribution in [2.75, 3.05) is 21.3 Å². The van der Waals surface area contributed by atoms with Gasteiger partial charge in [0.1, 0.15) is 11.5 Å². The molecule has 1 atom stereocenters. The lowest BCUT2D eigenvalue weighted by atomic mass is 10.1. The van der Waals surface area contributed by atoms with E-state index in [9.17, 15) is 4.79 Å². The Morgan fingerprint density at radius 2 is 1.82 bits per heavy atom. The summed E-state index contributed by atoms with van der Waals surface area (Å²) in [6.45, 7) is 0. The van der Waals surface area contributed by atoms with Crippen molar-refractivity contribution >= 4 is 5.91 Å². The average molecular weight is 238 g/mol. The number of rotatable bonds is 5. The zero-order chi connectivity index (χ0) is 12.8. The van der Waals surface area contributed by atoms with Crippen molar-refractivity contribution < 1.29 is 14.3 Å².